The first kappa shape index (κ1) is 16.3. The second kappa shape index (κ2) is 8.41. The molecule has 0 spiro atoms. The van der Waals surface area contributed by atoms with Crippen LogP contribution in [-0.4, -0.2) is 30.0 Å². The van der Waals surface area contributed by atoms with Gasteiger partial charge in [-0.05, 0) is 49.4 Å². The molecule has 0 bridgehead atoms. The van der Waals surface area contributed by atoms with E-state index in [1.54, 1.807) is 12.1 Å². The fourth-order valence-corrected chi connectivity index (χ4v) is 2.78. The largest absolute Gasteiger partial charge is 0.508 e. The molecule has 0 unspecified atom stereocenters. The monoisotopic (exact) mass is 304 g/mol. The van der Waals surface area contributed by atoms with Crippen LogP contribution < -0.4 is 10.6 Å². The molecular weight excluding hydrogens is 280 g/mol. The Morgan fingerprint density at radius 2 is 1.68 bits per heavy atom. The summed E-state index contributed by atoms with van der Waals surface area (Å²) in [7, 11) is 0. The molecule has 0 saturated heterocycles. The van der Waals surface area contributed by atoms with Gasteiger partial charge in [0.25, 0.3) is 5.91 Å². The van der Waals surface area contributed by atoms with Crippen LogP contribution in [0.25, 0.3) is 0 Å². The maximum absolute atomic E-state index is 11.8. The molecule has 0 heterocycles. The molecule has 1 aromatic carbocycles. The fourth-order valence-electron chi connectivity index (χ4n) is 2.78. The topological polar surface area (TPSA) is 78.4 Å². The van der Waals surface area contributed by atoms with Gasteiger partial charge in [-0.15, -0.1) is 0 Å². The number of hydrogen-bond acceptors (Lipinski definition) is 3. The summed E-state index contributed by atoms with van der Waals surface area (Å²) in [6, 6.07) is 6.12. The number of aromatic hydroxyl groups is 1. The van der Waals surface area contributed by atoms with E-state index in [0.29, 0.717) is 37.4 Å². The molecular formula is C17H24N2O3. The van der Waals surface area contributed by atoms with Crippen LogP contribution in [0.3, 0.4) is 0 Å². The molecule has 2 rings (SSSR count). The number of carbonyl (C=O) groups excluding carboxylic acids is 2. The van der Waals surface area contributed by atoms with E-state index in [9.17, 15) is 9.59 Å². The van der Waals surface area contributed by atoms with Crippen molar-refractivity contribution in [2.45, 2.75) is 38.5 Å². The van der Waals surface area contributed by atoms with Gasteiger partial charge in [0.1, 0.15) is 5.75 Å². The number of nitrogens with one attached hydrogen (secondary N) is 2. The first-order valence-electron chi connectivity index (χ1n) is 7.99. The van der Waals surface area contributed by atoms with Gasteiger partial charge in [0.15, 0.2) is 0 Å². The van der Waals surface area contributed by atoms with Crippen molar-refractivity contribution >= 4 is 11.8 Å². The van der Waals surface area contributed by atoms with Crippen molar-refractivity contribution < 1.29 is 14.7 Å². The lowest BCUT2D eigenvalue weighted by molar-refractivity contribution is -0.121. The Morgan fingerprint density at radius 1 is 1.05 bits per heavy atom. The second-order valence-corrected chi connectivity index (χ2v) is 5.86. The van der Waals surface area contributed by atoms with E-state index in [1.165, 1.54) is 37.8 Å². The van der Waals surface area contributed by atoms with E-state index < -0.39 is 0 Å². The zero-order valence-electron chi connectivity index (χ0n) is 12.8. The highest BCUT2D eigenvalue weighted by Crippen LogP contribution is 2.27. The van der Waals surface area contributed by atoms with Crippen LogP contribution in [0.5, 0.6) is 5.75 Å². The maximum atomic E-state index is 11.8. The number of amides is 2. The molecule has 1 fully saturated rings. The Hall–Kier alpha value is -2.04. The molecule has 2 amide bonds. The van der Waals surface area contributed by atoms with E-state index in [0.717, 1.165) is 0 Å². The number of phenolic OH excluding ortho intramolecular Hbond substituents is 1. The molecule has 0 aliphatic heterocycles. The average molecular weight is 304 g/mol. The van der Waals surface area contributed by atoms with Gasteiger partial charge in [0.05, 0.1) is 0 Å². The molecule has 1 aliphatic carbocycles. The highest BCUT2D eigenvalue weighted by atomic mass is 16.3. The van der Waals surface area contributed by atoms with Crippen LogP contribution in [0.4, 0.5) is 0 Å². The Kier molecular flexibility index (Phi) is 6.25. The highest BCUT2D eigenvalue weighted by Gasteiger charge is 2.17. The summed E-state index contributed by atoms with van der Waals surface area (Å²) in [5.74, 6) is 0.657. The maximum Gasteiger partial charge on any atom is 0.251 e. The predicted molar refractivity (Wildman–Crippen MR) is 84.6 cm³/mol. The van der Waals surface area contributed by atoms with Crippen molar-refractivity contribution in [3.8, 4) is 5.75 Å². The SMILES string of the molecule is O=C(CC1CCCC1)NCCCNC(=O)c1ccc(O)cc1. The Labute approximate surface area is 131 Å². The number of rotatable bonds is 7. The Morgan fingerprint density at radius 3 is 2.36 bits per heavy atom. The smallest absolute Gasteiger partial charge is 0.251 e. The van der Waals surface area contributed by atoms with Crippen molar-refractivity contribution in [2.24, 2.45) is 5.92 Å². The van der Waals surface area contributed by atoms with Gasteiger partial charge < -0.3 is 15.7 Å². The van der Waals surface area contributed by atoms with E-state index in [2.05, 4.69) is 10.6 Å². The highest BCUT2D eigenvalue weighted by molar-refractivity contribution is 5.94. The lowest BCUT2D eigenvalue weighted by atomic mass is 10.0. The van der Waals surface area contributed by atoms with Crippen LogP contribution in [0.2, 0.25) is 0 Å². The standard InChI is InChI=1S/C17H24N2O3/c20-15-8-6-14(7-9-15)17(22)19-11-3-10-18-16(21)12-13-4-1-2-5-13/h6-9,13,20H,1-5,10-12H2,(H,18,21)(H,19,22). The zero-order valence-corrected chi connectivity index (χ0v) is 12.8. The quantitative estimate of drug-likeness (QED) is 0.676. The molecule has 3 N–H and O–H groups in total. The molecule has 1 saturated carbocycles. The minimum Gasteiger partial charge on any atom is -0.508 e. The minimum absolute atomic E-state index is 0.122. The van der Waals surface area contributed by atoms with Gasteiger partial charge in [0, 0.05) is 25.1 Å². The summed E-state index contributed by atoms with van der Waals surface area (Å²) in [6.07, 6.45) is 6.20. The molecule has 1 aliphatic rings. The minimum atomic E-state index is -0.169. The number of benzene rings is 1. The number of carbonyl (C=O) groups is 2. The summed E-state index contributed by atoms with van der Waals surface area (Å²) < 4.78 is 0. The summed E-state index contributed by atoms with van der Waals surface area (Å²) in [4.78, 5) is 23.5. The molecule has 22 heavy (non-hydrogen) atoms. The molecule has 5 nitrogen and oxygen atoms in total. The molecule has 1 aromatic rings. The average Bonchev–Trinajstić information content (AvgIpc) is 3.00. The van der Waals surface area contributed by atoms with Crippen molar-refractivity contribution in [3.63, 3.8) is 0 Å². The van der Waals surface area contributed by atoms with E-state index >= 15 is 0 Å². The second-order valence-electron chi connectivity index (χ2n) is 5.86. The predicted octanol–water partition coefficient (Wildman–Crippen LogP) is 2.21. The normalized spacial score (nSPS) is 14.7. The third-order valence-corrected chi connectivity index (χ3v) is 4.04. The van der Waals surface area contributed by atoms with Crippen LogP contribution in [0.15, 0.2) is 24.3 Å². The van der Waals surface area contributed by atoms with Crippen LogP contribution >= 0.6 is 0 Å². The first-order valence-corrected chi connectivity index (χ1v) is 7.99. The van der Waals surface area contributed by atoms with Crippen LogP contribution in [0, 0.1) is 5.92 Å². The summed E-state index contributed by atoms with van der Waals surface area (Å²) in [5.41, 5.74) is 0.517. The lowest BCUT2D eigenvalue weighted by Gasteiger charge is -2.10. The first-order chi connectivity index (χ1) is 10.6. The summed E-state index contributed by atoms with van der Waals surface area (Å²) in [6.45, 7) is 1.10. The Bertz CT molecular complexity index is 493. The summed E-state index contributed by atoms with van der Waals surface area (Å²) in [5, 5.41) is 14.9. The van der Waals surface area contributed by atoms with E-state index in [4.69, 9.17) is 5.11 Å². The van der Waals surface area contributed by atoms with Gasteiger partial charge in [-0.25, -0.2) is 0 Å². The fraction of sp³-hybridized carbons (Fsp3) is 0.529. The summed E-state index contributed by atoms with van der Waals surface area (Å²) >= 11 is 0. The van der Waals surface area contributed by atoms with Gasteiger partial charge in [-0.1, -0.05) is 12.8 Å². The van der Waals surface area contributed by atoms with E-state index in [-0.39, 0.29) is 17.6 Å². The molecule has 0 atom stereocenters. The van der Waals surface area contributed by atoms with Gasteiger partial charge in [-0.2, -0.15) is 0 Å². The molecule has 0 aromatic heterocycles. The van der Waals surface area contributed by atoms with Crippen molar-refractivity contribution in [2.75, 3.05) is 13.1 Å². The number of hydrogen-bond donors (Lipinski definition) is 3. The zero-order chi connectivity index (χ0) is 15.8. The van der Waals surface area contributed by atoms with Crippen LogP contribution in [0.1, 0.15) is 48.9 Å². The molecule has 0 radical (unpaired) electrons. The van der Waals surface area contributed by atoms with Crippen molar-refractivity contribution in [1.82, 2.24) is 10.6 Å². The van der Waals surface area contributed by atoms with Gasteiger partial charge >= 0.3 is 0 Å². The van der Waals surface area contributed by atoms with Gasteiger partial charge in [0.2, 0.25) is 5.91 Å². The number of phenols is 1. The van der Waals surface area contributed by atoms with Crippen molar-refractivity contribution in [1.29, 1.82) is 0 Å². The van der Waals surface area contributed by atoms with Crippen molar-refractivity contribution in [3.05, 3.63) is 29.8 Å². The van der Waals surface area contributed by atoms with E-state index in [1.807, 2.05) is 0 Å². The van der Waals surface area contributed by atoms with Gasteiger partial charge in [-0.3, -0.25) is 9.59 Å². The van der Waals surface area contributed by atoms with Crippen LogP contribution in [-0.2, 0) is 4.79 Å². The third-order valence-electron chi connectivity index (χ3n) is 4.04. The lowest BCUT2D eigenvalue weighted by Crippen LogP contribution is -2.30. The molecule has 120 valence electrons. The third kappa shape index (κ3) is 5.39. The molecule has 5 heteroatoms. The Balaban J connectivity index is 1.55.